The Bertz CT molecular complexity index is 253. The van der Waals surface area contributed by atoms with Crippen LogP contribution >= 0.6 is 0 Å². The van der Waals surface area contributed by atoms with E-state index in [1.54, 1.807) is 12.1 Å². The van der Waals surface area contributed by atoms with Crippen LogP contribution in [0.2, 0.25) is 0 Å². The molecule has 0 heterocycles. The summed E-state index contributed by atoms with van der Waals surface area (Å²) in [6.07, 6.45) is -0.783. The summed E-state index contributed by atoms with van der Waals surface area (Å²) in [5, 5.41) is 0. The summed E-state index contributed by atoms with van der Waals surface area (Å²) in [6, 6.07) is 7.08. The summed E-state index contributed by atoms with van der Waals surface area (Å²) in [7, 11) is 0. The molecule has 0 radical (unpaired) electrons. The van der Waals surface area contributed by atoms with E-state index in [0.29, 0.717) is 5.75 Å². The van der Waals surface area contributed by atoms with Crippen molar-refractivity contribution in [2.24, 2.45) is 5.73 Å². The van der Waals surface area contributed by atoms with E-state index in [4.69, 9.17) is 5.73 Å². The van der Waals surface area contributed by atoms with Crippen molar-refractivity contribution in [3.05, 3.63) is 29.8 Å². The van der Waals surface area contributed by atoms with Gasteiger partial charge in [-0.1, -0.05) is 17.7 Å². The second-order valence-corrected chi connectivity index (χ2v) is 2.23. The Morgan fingerprint density at radius 3 is 2.36 bits per heavy atom. The lowest BCUT2D eigenvalue weighted by Crippen LogP contribution is -2.16. The molecular weight excluding hydrogens is 142 g/mol. The number of hydrogen-bond acceptors (Lipinski definition) is 2. The van der Waals surface area contributed by atoms with Crippen molar-refractivity contribution in [1.82, 2.24) is 0 Å². The average molecular weight is 151 g/mol. The standard InChI is InChI=1S/C8H9NO2/c1-6-2-4-7(5-3-6)11-8(9)10/h2-5H,1H3,(H2,9,10). The van der Waals surface area contributed by atoms with Crippen LogP contribution in [-0.4, -0.2) is 6.09 Å². The van der Waals surface area contributed by atoms with Gasteiger partial charge in [-0.2, -0.15) is 0 Å². The Labute approximate surface area is 64.8 Å². The Balaban J connectivity index is 2.74. The monoisotopic (exact) mass is 151 g/mol. The normalized spacial score (nSPS) is 9.18. The molecule has 0 unspecified atom stereocenters. The quantitative estimate of drug-likeness (QED) is 0.660. The maximum absolute atomic E-state index is 10.3. The third-order valence-electron chi connectivity index (χ3n) is 1.24. The van der Waals surface area contributed by atoms with Gasteiger partial charge in [0.15, 0.2) is 0 Å². The first kappa shape index (κ1) is 7.60. The zero-order valence-corrected chi connectivity index (χ0v) is 6.20. The maximum Gasteiger partial charge on any atom is 0.409 e. The van der Waals surface area contributed by atoms with Crippen molar-refractivity contribution >= 4 is 6.09 Å². The highest BCUT2D eigenvalue weighted by atomic mass is 16.5. The second kappa shape index (κ2) is 3.05. The van der Waals surface area contributed by atoms with Crippen molar-refractivity contribution in [3.8, 4) is 5.75 Å². The minimum Gasteiger partial charge on any atom is -0.411 e. The van der Waals surface area contributed by atoms with Crippen LogP contribution in [0, 0.1) is 6.92 Å². The van der Waals surface area contributed by atoms with E-state index >= 15 is 0 Å². The number of carbonyl (C=O) groups excluding carboxylic acids is 1. The first-order valence-corrected chi connectivity index (χ1v) is 3.22. The number of rotatable bonds is 1. The minimum atomic E-state index is -0.783. The molecule has 0 atom stereocenters. The van der Waals surface area contributed by atoms with Crippen LogP contribution in [0.1, 0.15) is 5.56 Å². The highest BCUT2D eigenvalue weighted by Crippen LogP contribution is 2.10. The number of primary amides is 1. The zero-order chi connectivity index (χ0) is 8.27. The Hall–Kier alpha value is -1.51. The topological polar surface area (TPSA) is 52.3 Å². The molecule has 0 aliphatic carbocycles. The van der Waals surface area contributed by atoms with Gasteiger partial charge in [-0.15, -0.1) is 0 Å². The van der Waals surface area contributed by atoms with Crippen molar-refractivity contribution in [2.75, 3.05) is 0 Å². The SMILES string of the molecule is Cc1ccc(OC(N)=O)cc1. The van der Waals surface area contributed by atoms with Crippen molar-refractivity contribution in [3.63, 3.8) is 0 Å². The zero-order valence-electron chi connectivity index (χ0n) is 6.20. The maximum atomic E-state index is 10.3. The molecule has 3 heteroatoms. The van der Waals surface area contributed by atoms with E-state index in [0.717, 1.165) is 5.56 Å². The van der Waals surface area contributed by atoms with Crippen LogP contribution in [0.5, 0.6) is 5.75 Å². The highest BCUT2D eigenvalue weighted by Gasteiger charge is 1.95. The number of carbonyl (C=O) groups is 1. The molecule has 1 rings (SSSR count). The average Bonchev–Trinajstić information content (AvgIpc) is 1.93. The predicted octanol–water partition coefficient (Wildman–Crippen LogP) is 1.45. The molecule has 0 bridgehead atoms. The lowest BCUT2D eigenvalue weighted by Gasteiger charge is -1.99. The second-order valence-electron chi connectivity index (χ2n) is 2.23. The smallest absolute Gasteiger partial charge is 0.409 e. The van der Waals surface area contributed by atoms with Crippen LogP contribution in [0.15, 0.2) is 24.3 Å². The molecule has 11 heavy (non-hydrogen) atoms. The van der Waals surface area contributed by atoms with Gasteiger partial charge in [0.2, 0.25) is 0 Å². The molecule has 3 nitrogen and oxygen atoms in total. The first-order valence-electron chi connectivity index (χ1n) is 3.22. The number of aryl methyl sites for hydroxylation is 1. The fourth-order valence-corrected chi connectivity index (χ4v) is 0.722. The van der Waals surface area contributed by atoms with Gasteiger partial charge in [0, 0.05) is 0 Å². The third-order valence-corrected chi connectivity index (χ3v) is 1.24. The number of benzene rings is 1. The number of ether oxygens (including phenoxy) is 1. The molecule has 0 aromatic heterocycles. The number of amides is 1. The van der Waals surface area contributed by atoms with Crippen LogP contribution in [0.25, 0.3) is 0 Å². The summed E-state index contributed by atoms with van der Waals surface area (Å²) in [5.41, 5.74) is 5.91. The van der Waals surface area contributed by atoms with Gasteiger partial charge in [-0.05, 0) is 19.1 Å². The van der Waals surface area contributed by atoms with Gasteiger partial charge in [-0.25, -0.2) is 4.79 Å². The molecule has 0 aliphatic rings. The Kier molecular flexibility index (Phi) is 2.11. The van der Waals surface area contributed by atoms with Gasteiger partial charge in [0.05, 0.1) is 0 Å². The fourth-order valence-electron chi connectivity index (χ4n) is 0.722. The van der Waals surface area contributed by atoms with E-state index in [9.17, 15) is 4.79 Å². The molecule has 0 saturated heterocycles. The van der Waals surface area contributed by atoms with E-state index in [1.807, 2.05) is 19.1 Å². The molecule has 0 fully saturated rings. The first-order chi connectivity index (χ1) is 5.18. The minimum absolute atomic E-state index is 0.475. The van der Waals surface area contributed by atoms with Crippen molar-refractivity contribution in [2.45, 2.75) is 6.92 Å². The summed E-state index contributed by atoms with van der Waals surface area (Å²) in [5.74, 6) is 0.475. The Morgan fingerprint density at radius 1 is 1.36 bits per heavy atom. The number of nitrogens with two attached hydrogens (primary N) is 1. The highest BCUT2D eigenvalue weighted by molar-refractivity contribution is 5.67. The summed E-state index contributed by atoms with van der Waals surface area (Å²) in [6.45, 7) is 1.95. The van der Waals surface area contributed by atoms with Crippen LogP contribution in [0.3, 0.4) is 0 Å². The molecular formula is C8H9NO2. The van der Waals surface area contributed by atoms with E-state index in [-0.39, 0.29) is 0 Å². The summed E-state index contributed by atoms with van der Waals surface area (Å²) < 4.78 is 4.61. The lowest BCUT2D eigenvalue weighted by atomic mass is 10.2. The van der Waals surface area contributed by atoms with Gasteiger partial charge in [0.1, 0.15) is 5.75 Å². The van der Waals surface area contributed by atoms with Crippen LogP contribution in [-0.2, 0) is 0 Å². The van der Waals surface area contributed by atoms with Gasteiger partial charge in [-0.3, -0.25) is 0 Å². The molecule has 0 saturated carbocycles. The lowest BCUT2D eigenvalue weighted by molar-refractivity contribution is 0.211. The Morgan fingerprint density at radius 2 is 1.91 bits per heavy atom. The van der Waals surface area contributed by atoms with Gasteiger partial charge >= 0.3 is 6.09 Å². The van der Waals surface area contributed by atoms with E-state index < -0.39 is 6.09 Å². The molecule has 58 valence electrons. The molecule has 2 N–H and O–H groups in total. The van der Waals surface area contributed by atoms with Gasteiger partial charge < -0.3 is 10.5 Å². The van der Waals surface area contributed by atoms with Crippen LogP contribution in [0.4, 0.5) is 4.79 Å². The number of hydrogen-bond donors (Lipinski definition) is 1. The third kappa shape index (κ3) is 2.29. The van der Waals surface area contributed by atoms with Crippen LogP contribution < -0.4 is 10.5 Å². The largest absolute Gasteiger partial charge is 0.411 e. The van der Waals surface area contributed by atoms with Gasteiger partial charge in [0.25, 0.3) is 0 Å². The molecule has 0 aliphatic heterocycles. The van der Waals surface area contributed by atoms with Crippen molar-refractivity contribution in [1.29, 1.82) is 0 Å². The molecule has 1 aromatic rings. The molecule has 1 aromatic carbocycles. The predicted molar refractivity (Wildman–Crippen MR) is 41.4 cm³/mol. The molecule has 0 spiro atoms. The van der Waals surface area contributed by atoms with E-state index in [2.05, 4.69) is 4.74 Å². The summed E-state index contributed by atoms with van der Waals surface area (Å²) >= 11 is 0. The summed E-state index contributed by atoms with van der Waals surface area (Å²) in [4.78, 5) is 10.3. The van der Waals surface area contributed by atoms with E-state index in [1.165, 1.54) is 0 Å². The van der Waals surface area contributed by atoms with Crippen molar-refractivity contribution < 1.29 is 9.53 Å². The molecule has 1 amide bonds. The fraction of sp³-hybridized carbons (Fsp3) is 0.125.